The molecule has 1 aromatic carbocycles. The molecular weight excluding hydrogens is 305 g/mol. The van der Waals surface area contributed by atoms with Crippen LogP contribution >= 0.6 is 27.5 Å². The highest BCUT2D eigenvalue weighted by Crippen LogP contribution is 2.33. The Bertz CT molecular complexity index is 579. The third-order valence-electron chi connectivity index (χ3n) is 2.72. The van der Waals surface area contributed by atoms with Gasteiger partial charge in [-0.05, 0) is 34.1 Å². The Hall–Kier alpha value is -1.00. The molecule has 1 atom stereocenters. The first kappa shape index (κ1) is 12.5. The van der Waals surface area contributed by atoms with Crippen LogP contribution in [0.2, 0.25) is 5.02 Å². The lowest BCUT2D eigenvalue weighted by molar-refractivity contribution is -0.137. The highest BCUT2D eigenvalue weighted by atomic mass is 79.9. The van der Waals surface area contributed by atoms with Crippen molar-refractivity contribution >= 4 is 44.4 Å². The molecule has 90 valence electrons. The number of carboxylic acid groups (broad SMARTS) is 1. The zero-order valence-electron chi connectivity index (χ0n) is 9.13. The first-order valence-electron chi connectivity index (χ1n) is 5.17. The van der Waals surface area contributed by atoms with E-state index in [0.29, 0.717) is 5.02 Å². The van der Waals surface area contributed by atoms with E-state index in [1.165, 1.54) is 0 Å². The van der Waals surface area contributed by atoms with Crippen LogP contribution in [0.15, 0.2) is 22.7 Å². The Labute approximate surface area is 112 Å². The van der Waals surface area contributed by atoms with E-state index in [1.807, 2.05) is 25.1 Å². The summed E-state index contributed by atoms with van der Waals surface area (Å²) in [5.41, 5.74) is 1.81. The van der Waals surface area contributed by atoms with Crippen LogP contribution in [0.1, 0.15) is 25.0 Å². The van der Waals surface area contributed by atoms with Crippen LogP contribution < -0.4 is 0 Å². The molecule has 0 aliphatic heterocycles. The van der Waals surface area contributed by atoms with Crippen LogP contribution in [0.3, 0.4) is 0 Å². The van der Waals surface area contributed by atoms with E-state index in [9.17, 15) is 4.79 Å². The number of aliphatic carboxylic acids is 1. The SMILES string of the molecule is CC(CC(=O)O)c1cc2c(Cl)c(Br)ccc2[nH]1. The molecule has 1 heterocycles. The highest BCUT2D eigenvalue weighted by Gasteiger charge is 2.14. The van der Waals surface area contributed by atoms with E-state index in [1.54, 1.807) is 0 Å². The predicted molar refractivity (Wildman–Crippen MR) is 71.7 cm³/mol. The molecule has 0 saturated heterocycles. The third kappa shape index (κ3) is 2.48. The van der Waals surface area contributed by atoms with Crippen molar-refractivity contribution in [3.8, 4) is 0 Å². The molecule has 1 aromatic heterocycles. The summed E-state index contributed by atoms with van der Waals surface area (Å²) in [7, 11) is 0. The smallest absolute Gasteiger partial charge is 0.304 e. The molecule has 0 amide bonds. The quantitative estimate of drug-likeness (QED) is 0.893. The summed E-state index contributed by atoms with van der Waals surface area (Å²) in [6.07, 6.45) is 0.103. The lowest BCUT2D eigenvalue weighted by Gasteiger charge is -2.04. The minimum absolute atomic E-state index is 0.0604. The van der Waals surface area contributed by atoms with Gasteiger partial charge in [0.15, 0.2) is 0 Å². The van der Waals surface area contributed by atoms with Crippen LogP contribution in [0.5, 0.6) is 0 Å². The molecule has 0 radical (unpaired) electrons. The lowest BCUT2D eigenvalue weighted by atomic mass is 10.0. The standard InChI is InChI=1S/C12H11BrClNO2/c1-6(4-11(16)17)10-5-7-9(15-10)3-2-8(13)12(7)14/h2-3,5-6,15H,4H2,1H3,(H,16,17). The second-order valence-corrected chi connectivity index (χ2v) is 5.28. The van der Waals surface area contributed by atoms with Crippen molar-refractivity contribution in [1.82, 2.24) is 4.98 Å². The molecule has 17 heavy (non-hydrogen) atoms. The van der Waals surface area contributed by atoms with E-state index < -0.39 is 5.97 Å². The van der Waals surface area contributed by atoms with Gasteiger partial charge in [-0.2, -0.15) is 0 Å². The molecule has 0 aliphatic rings. The predicted octanol–water partition coefficient (Wildman–Crippen LogP) is 4.16. The highest BCUT2D eigenvalue weighted by molar-refractivity contribution is 9.10. The number of H-pyrrole nitrogens is 1. The molecule has 0 fully saturated rings. The number of carboxylic acids is 1. The van der Waals surface area contributed by atoms with Crippen LogP contribution in [0.25, 0.3) is 10.9 Å². The minimum atomic E-state index is -0.802. The maximum absolute atomic E-state index is 10.7. The number of fused-ring (bicyclic) bond motifs is 1. The van der Waals surface area contributed by atoms with Gasteiger partial charge in [0.25, 0.3) is 0 Å². The Morgan fingerprint density at radius 3 is 2.94 bits per heavy atom. The van der Waals surface area contributed by atoms with Crippen LogP contribution in [-0.4, -0.2) is 16.1 Å². The molecule has 0 saturated carbocycles. The summed E-state index contributed by atoms with van der Waals surface area (Å²) in [5.74, 6) is -0.863. The van der Waals surface area contributed by atoms with Gasteiger partial charge in [-0.25, -0.2) is 0 Å². The van der Waals surface area contributed by atoms with E-state index in [2.05, 4.69) is 20.9 Å². The van der Waals surface area contributed by atoms with Crippen LogP contribution in [0.4, 0.5) is 0 Å². The molecule has 0 spiro atoms. The van der Waals surface area contributed by atoms with Crippen LogP contribution in [0, 0.1) is 0 Å². The van der Waals surface area contributed by atoms with E-state index >= 15 is 0 Å². The fourth-order valence-corrected chi connectivity index (χ4v) is 2.37. The summed E-state index contributed by atoms with van der Waals surface area (Å²) >= 11 is 9.53. The van der Waals surface area contributed by atoms with Gasteiger partial charge in [0.2, 0.25) is 0 Å². The van der Waals surface area contributed by atoms with Gasteiger partial charge in [-0.15, -0.1) is 0 Å². The molecular formula is C12H11BrClNO2. The molecule has 2 N–H and O–H groups in total. The van der Waals surface area contributed by atoms with Gasteiger partial charge in [0.05, 0.1) is 11.4 Å². The summed E-state index contributed by atoms with van der Waals surface area (Å²) in [6.45, 7) is 1.88. The van der Waals surface area contributed by atoms with Gasteiger partial charge in [0.1, 0.15) is 0 Å². The summed E-state index contributed by atoms with van der Waals surface area (Å²) in [4.78, 5) is 13.9. The number of benzene rings is 1. The number of halogens is 2. The van der Waals surface area contributed by atoms with Crippen LogP contribution in [-0.2, 0) is 4.79 Å². The van der Waals surface area contributed by atoms with E-state index in [-0.39, 0.29) is 12.3 Å². The lowest BCUT2D eigenvalue weighted by Crippen LogP contribution is -2.02. The largest absolute Gasteiger partial charge is 0.481 e. The van der Waals surface area contributed by atoms with Crippen molar-refractivity contribution in [2.24, 2.45) is 0 Å². The van der Waals surface area contributed by atoms with Crippen molar-refractivity contribution in [2.45, 2.75) is 19.3 Å². The molecule has 1 unspecified atom stereocenters. The zero-order chi connectivity index (χ0) is 12.6. The number of carbonyl (C=O) groups is 1. The number of hydrogen-bond acceptors (Lipinski definition) is 1. The normalized spacial score (nSPS) is 12.9. The Morgan fingerprint density at radius 1 is 1.59 bits per heavy atom. The van der Waals surface area contributed by atoms with Crippen molar-refractivity contribution < 1.29 is 9.90 Å². The number of nitrogens with one attached hydrogen (secondary N) is 1. The number of aromatic amines is 1. The van der Waals surface area contributed by atoms with E-state index in [0.717, 1.165) is 21.1 Å². The molecule has 5 heteroatoms. The fourth-order valence-electron chi connectivity index (χ4n) is 1.80. The first-order valence-corrected chi connectivity index (χ1v) is 6.34. The summed E-state index contributed by atoms with van der Waals surface area (Å²) < 4.78 is 0.836. The third-order valence-corrected chi connectivity index (χ3v) is 4.02. The Morgan fingerprint density at radius 2 is 2.29 bits per heavy atom. The number of hydrogen-bond donors (Lipinski definition) is 2. The zero-order valence-corrected chi connectivity index (χ0v) is 11.5. The van der Waals surface area contributed by atoms with Gasteiger partial charge in [-0.1, -0.05) is 18.5 Å². The average molecular weight is 317 g/mol. The Kier molecular flexibility index (Phi) is 3.45. The van der Waals surface area contributed by atoms with Gasteiger partial charge >= 0.3 is 5.97 Å². The molecule has 2 aromatic rings. The second kappa shape index (κ2) is 4.70. The molecule has 2 rings (SSSR count). The first-order chi connectivity index (χ1) is 7.99. The number of aromatic nitrogens is 1. The van der Waals surface area contributed by atoms with Crippen molar-refractivity contribution in [1.29, 1.82) is 0 Å². The summed E-state index contributed by atoms with van der Waals surface area (Å²) in [6, 6.07) is 5.70. The molecule has 0 bridgehead atoms. The van der Waals surface area contributed by atoms with Gasteiger partial charge in [-0.3, -0.25) is 4.79 Å². The van der Waals surface area contributed by atoms with Gasteiger partial charge < -0.3 is 10.1 Å². The van der Waals surface area contributed by atoms with Crippen molar-refractivity contribution in [2.75, 3.05) is 0 Å². The maximum Gasteiger partial charge on any atom is 0.304 e. The van der Waals surface area contributed by atoms with Crippen molar-refractivity contribution in [3.63, 3.8) is 0 Å². The molecule has 3 nitrogen and oxygen atoms in total. The monoisotopic (exact) mass is 315 g/mol. The second-order valence-electron chi connectivity index (χ2n) is 4.05. The van der Waals surface area contributed by atoms with E-state index in [4.69, 9.17) is 16.7 Å². The average Bonchev–Trinajstić information content (AvgIpc) is 2.67. The maximum atomic E-state index is 10.7. The number of rotatable bonds is 3. The minimum Gasteiger partial charge on any atom is -0.481 e. The van der Waals surface area contributed by atoms with Crippen molar-refractivity contribution in [3.05, 3.63) is 33.4 Å². The van der Waals surface area contributed by atoms with Gasteiger partial charge in [0, 0.05) is 27.0 Å². The molecule has 0 aliphatic carbocycles. The summed E-state index contributed by atoms with van der Waals surface area (Å²) in [5, 5.41) is 10.3. The fraction of sp³-hybridized carbons (Fsp3) is 0.250. The Balaban J connectivity index is 2.44. The topological polar surface area (TPSA) is 53.1 Å².